The van der Waals surface area contributed by atoms with E-state index in [1.807, 2.05) is 0 Å². The molecule has 0 aliphatic carbocycles. The Hall–Kier alpha value is -0.710. The first-order valence-electron chi connectivity index (χ1n) is 5.24. The van der Waals surface area contributed by atoms with Gasteiger partial charge < -0.3 is 10.8 Å². The highest BCUT2D eigenvalue weighted by Gasteiger charge is 2.24. The van der Waals surface area contributed by atoms with Crippen LogP contribution in [-0.2, 0) is 0 Å². The lowest BCUT2D eigenvalue weighted by atomic mass is 9.93. The Morgan fingerprint density at radius 3 is 2.18 bits per heavy atom. The van der Waals surface area contributed by atoms with Crippen LogP contribution < -0.4 is 5.73 Å². The number of aliphatic hydroxyl groups excluding tert-OH is 1. The Morgan fingerprint density at radius 1 is 1.18 bits per heavy atom. The maximum atomic E-state index is 13.6. The van der Waals surface area contributed by atoms with E-state index in [2.05, 4.69) is 0 Å². The minimum atomic E-state index is -0.966. The topological polar surface area (TPSA) is 46.2 Å². The van der Waals surface area contributed by atoms with Crippen molar-refractivity contribution in [2.75, 3.05) is 0 Å². The molecule has 0 saturated heterocycles. The van der Waals surface area contributed by atoms with Gasteiger partial charge in [-0.3, -0.25) is 0 Å². The summed E-state index contributed by atoms with van der Waals surface area (Å²) in [4.78, 5) is 0. The molecule has 2 atom stereocenters. The second kappa shape index (κ2) is 6.28. The van der Waals surface area contributed by atoms with E-state index in [-0.39, 0.29) is 29.5 Å². The third-order valence-electron chi connectivity index (χ3n) is 2.72. The van der Waals surface area contributed by atoms with E-state index in [4.69, 9.17) is 5.73 Å². The molecule has 5 heteroatoms. The Labute approximate surface area is 106 Å². The summed E-state index contributed by atoms with van der Waals surface area (Å²) in [5, 5.41) is 9.72. The fourth-order valence-electron chi connectivity index (χ4n) is 1.52. The van der Waals surface area contributed by atoms with Crippen LogP contribution in [0.4, 0.5) is 8.78 Å². The van der Waals surface area contributed by atoms with Crippen molar-refractivity contribution in [1.29, 1.82) is 0 Å². The van der Waals surface area contributed by atoms with Crippen molar-refractivity contribution < 1.29 is 13.9 Å². The SMILES string of the molecule is Cc1ccc([C@H](N)[C@H](O)C(C)C)c(F)c1F.Cl. The molecular weight excluding hydrogens is 248 g/mol. The maximum absolute atomic E-state index is 13.6. The molecule has 1 aromatic carbocycles. The molecule has 0 saturated carbocycles. The third kappa shape index (κ3) is 3.37. The van der Waals surface area contributed by atoms with Crippen molar-refractivity contribution in [2.24, 2.45) is 11.7 Å². The van der Waals surface area contributed by atoms with Crippen LogP contribution in [0, 0.1) is 24.5 Å². The molecule has 0 amide bonds. The highest BCUT2D eigenvalue weighted by atomic mass is 35.5. The predicted molar refractivity (Wildman–Crippen MR) is 66.1 cm³/mol. The Balaban J connectivity index is 0.00000256. The van der Waals surface area contributed by atoms with Gasteiger partial charge in [-0.25, -0.2) is 8.78 Å². The fraction of sp³-hybridized carbons (Fsp3) is 0.500. The van der Waals surface area contributed by atoms with E-state index in [0.717, 1.165) is 0 Å². The molecule has 1 rings (SSSR count). The number of benzene rings is 1. The normalized spacial score (nSPS) is 14.4. The van der Waals surface area contributed by atoms with E-state index in [0.29, 0.717) is 0 Å². The van der Waals surface area contributed by atoms with Crippen LogP contribution in [0.15, 0.2) is 12.1 Å². The minimum absolute atomic E-state index is 0. The number of halogens is 3. The van der Waals surface area contributed by atoms with Gasteiger partial charge in [-0.05, 0) is 18.4 Å². The summed E-state index contributed by atoms with van der Waals surface area (Å²) >= 11 is 0. The van der Waals surface area contributed by atoms with Crippen molar-refractivity contribution in [3.63, 3.8) is 0 Å². The lowest BCUT2D eigenvalue weighted by Gasteiger charge is -2.23. The molecule has 0 heterocycles. The molecule has 0 unspecified atom stereocenters. The summed E-state index contributed by atoms with van der Waals surface area (Å²) in [5.74, 6) is -1.98. The van der Waals surface area contributed by atoms with Gasteiger partial charge in [0.2, 0.25) is 0 Å². The first-order chi connectivity index (χ1) is 7.36. The van der Waals surface area contributed by atoms with Crippen LogP contribution in [-0.4, -0.2) is 11.2 Å². The molecule has 0 bridgehead atoms. The minimum Gasteiger partial charge on any atom is -0.391 e. The first-order valence-corrected chi connectivity index (χ1v) is 5.24. The van der Waals surface area contributed by atoms with E-state index < -0.39 is 23.8 Å². The molecular formula is C12H18ClF2NO. The van der Waals surface area contributed by atoms with Gasteiger partial charge in [-0.2, -0.15) is 0 Å². The first kappa shape index (κ1) is 16.3. The Bertz CT molecular complexity index is 385. The van der Waals surface area contributed by atoms with Gasteiger partial charge in [0.05, 0.1) is 12.1 Å². The van der Waals surface area contributed by atoms with Gasteiger partial charge in [0.1, 0.15) is 0 Å². The zero-order valence-electron chi connectivity index (χ0n) is 10.1. The fourth-order valence-corrected chi connectivity index (χ4v) is 1.52. The lowest BCUT2D eigenvalue weighted by molar-refractivity contribution is 0.0963. The van der Waals surface area contributed by atoms with Gasteiger partial charge in [0, 0.05) is 5.56 Å². The van der Waals surface area contributed by atoms with Crippen molar-refractivity contribution in [1.82, 2.24) is 0 Å². The molecule has 0 aliphatic heterocycles. The van der Waals surface area contributed by atoms with E-state index in [1.54, 1.807) is 13.8 Å². The monoisotopic (exact) mass is 265 g/mol. The number of nitrogens with two attached hydrogens (primary N) is 1. The highest BCUT2D eigenvalue weighted by Crippen LogP contribution is 2.25. The summed E-state index contributed by atoms with van der Waals surface area (Å²) < 4.78 is 26.9. The van der Waals surface area contributed by atoms with Crippen LogP contribution in [0.5, 0.6) is 0 Å². The second-order valence-electron chi connectivity index (χ2n) is 4.36. The predicted octanol–water partition coefficient (Wildman–Crippen LogP) is 2.71. The molecule has 0 spiro atoms. The number of rotatable bonds is 3. The van der Waals surface area contributed by atoms with Crippen LogP contribution in [0.3, 0.4) is 0 Å². The maximum Gasteiger partial charge on any atom is 0.163 e. The van der Waals surface area contributed by atoms with Crippen LogP contribution in [0.1, 0.15) is 31.0 Å². The van der Waals surface area contributed by atoms with Crippen LogP contribution in [0.2, 0.25) is 0 Å². The van der Waals surface area contributed by atoms with Crippen LogP contribution in [0.25, 0.3) is 0 Å². The van der Waals surface area contributed by atoms with Crippen molar-refractivity contribution in [2.45, 2.75) is 32.9 Å². The lowest BCUT2D eigenvalue weighted by Crippen LogP contribution is -2.31. The second-order valence-corrected chi connectivity index (χ2v) is 4.36. The molecule has 98 valence electrons. The zero-order valence-corrected chi connectivity index (χ0v) is 10.9. The molecule has 2 nitrogen and oxygen atoms in total. The molecule has 0 aliphatic rings. The van der Waals surface area contributed by atoms with Crippen molar-refractivity contribution >= 4 is 12.4 Å². The summed E-state index contributed by atoms with van der Waals surface area (Å²) in [6.07, 6.45) is -0.892. The quantitative estimate of drug-likeness (QED) is 0.883. The summed E-state index contributed by atoms with van der Waals surface area (Å²) in [6, 6.07) is 1.97. The van der Waals surface area contributed by atoms with Crippen LogP contribution >= 0.6 is 12.4 Å². The van der Waals surface area contributed by atoms with Gasteiger partial charge >= 0.3 is 0 Å². The number of hydrogen-bond acceptors (Lipinski definition) is 2. The standard InChI is InChI=1S/C12H17F2NO.ClH/c1-6(2)12(16)11(15)8-5-4-7(3)9(13)10(8)14;/h4-6,11-12,16H,15H2,1-3H3;1H/t11-,12+;/m0./s1. The number of aryl methyl sites for hydroxylation is 1. The van der Waals surface area contributed by atoms with Gasteiger partial charge in [0.25, 0.3) is 0 Å². The average molecular weight is 266 g/mol. The van der Waals surface area contributed by atoms with E-state index in [1.165, 1.54) is 19.1 Å². The molecule has 3 N–H and O–H groups in total. The zero-order chi connectivity index (χ0) is 12.5. The van der Waals surface area contributed by atoms with Crippen molar-refractivity contribution in [3.8, 4) is 0 Å². The smallest absolute Gasteiger partial charge is 0.163 e. The van der Waals surface area contributed by atoms with E-state index in [9.17, 15) is 13.9 Å². The molecule has 1 aromatic rings. The third-order valence-corrected chi connectivity index (χ3v) is 2.72. The average Bonchev–Trinajstić information content (AvgIpc) is 2.24. The number of aliphatic hydroxyl groups is 1. The van der Waals surface area contributed by atoms with Gasteiger partial charge in [-0.1, -0.05) is 26.0 Å². The largest absolute Gasteiger partial charge is 0.391 e. The van der Waals surface area contributed by atoms with E-state index >= 15 is 0 Å². The Kier molecular flexibility index (Phi) is 6.02. The summed E-state index contributed by atoms with van der Waals surface area (Å²) in [6.45, 7) is 5.02. The van der Waals surface area contributed by atoms with Gasteiger partial charge in [0.15, 0.2) is 11.6 Å². The summed E-state index contributed by atoms with van der Waals surface area (Å²) in [7, 11) is 0. The highest BCUT2D eigenvalue weighted by molar-refractivity contribution is 5.85. The molecule has 17 heavy (non-hydrogen) atoms. The molecule has 0 aromatic heterocycles. The molecule has 0 fully saturated rings. The Morgan fingerprint density at radius 2 is 1.71 bits per heavy atom. The van der Waals surface area contributed by atoms with Crippen molar-refractivity contribution in [3.05, 3.63) is 34.9 Å². The number of hydrogen-bond donors (Lipinski definition) is 2. The summed E-state index contributed by atoms with van der Waals surface area (Å²) in [5.41, 5.74) is 5.95. The van der Waals surface area contributed by atoms with Gasteiger partial charge in [-0.15, -0.1) is 12.4 Å². The molecule has 0 radical (unpaired) electrons.